The maximum Gasteiger partial charge on any atom is 0.261 e. The molecule has 3 N–H and O–H groups in total. The maximum atomic E-state index is 13.5. The molecule has 2 heterocycles. The van der Waals surface area contributed by atoms with Crippen molar-refractivity contribution in [3.05, 3.63) is 117 Å². The van der Waals surface area contributed by atoms with E-state index < -0.39 is 6.04 Å². The van der Waals surface area contributed by atoms with Gasteiger partial charge in [0.25, 0.3) is 11.8 Å². The van der Waals surface area contributed by atoms with Crippen molar-refractivity contribution in [1.82, 2.24) is 9.78 Å². The lowest BCUT2D eigenvalue weighted by Gasteiger charge is -2.30. The molecular weight excluding hydrogens is 542 g/mol. The molecule has 0 saturated carbocycles. The van der Waals surface area contributed by atoms with Gasteiger partial charge in [0, 0.05) is 26.6 Å². The Balaban J connectivity index is 1.54. The van der Waals surface area contributed by atoms with Crippen molar-refractivity contribution >= 4 is 56.5 Å². The molecule has 7 nitrogen and oxygen atoms in total. The van der Waals surface area contributed by atoms with E-state index in [0.29, 0.717) is 39.0 Å². The van der Waals surface area contributed by atoms with Crippen molar-refractivity contribution in [3.8, 4) is 0 Å². The zero-order valence-corrected chi connectivity index (χ0v) is 21.5. The minimum atomic E-state index is -0.556. The first-order chi connectivity index (χ1) is 17.4. The fourth-order valence-electron chi connectivity index (χ4n) is 4.12. The van der Waals surface area contributed by atoms with Crippen LogP contribution in [-0.4, -0.2) is 21.6 Å². The summed E-state index contributed by atoms with van der Waals surface area (Å²) in [6, 6.07) is 23.3. The SMILES string of the molecule is CC1=C(C(=O)Nc2ccc(Cl)cc2)[C@H](c2ccc(Br)cc2)n2ncc(C(=O)Nc3ccccc3)c2N1. The molecule has 4 aromatic rings. The molecule has 2 amide bonds. The number of hydrogen-bond acceptors (Lipinski definition) is 4. The van der Waals surface area contributed by atoms with Crippen LogP contribution in [0.15, 0.2) is 101 Å². The number of rotatable bonds is 5. The van der Waals surface area contributed by atoms with Gasteiger partial charge >= 0.3 is 0 Å². The van der Waals surface area contributed by atoms with Crippen molar-refractivity contribution in [2.24, 2.45) is 0 Å². The number of nitrogens with one attached hydrogen (secondary N) is 3. The Labute approximate surface area is 221 Å². The summed E-state index contributed by atoms with van der Waals surface area (Å²) in [5.74, 6) is -0.0741. The van der Waals surface area contributed by atoms with Crippen molar-refractivity contribution in [1.29, 1.82) is 0 Å². The summed E-state index contributed by atoms with van der Waals surface area (Å²) in [5.41, 5.74) is 3.62. The molecule has 36 heavy (non-hydrogen) atoms. The van der Waals surface area contributed by atoms with E-state index in [0.717, 1.165) is 10.0 Å². The number of amides is 2. The fraction of sp³-hybridized carbons (Fsp3) is 0.0741. The van der Waals surface area contributed by atoms with E-state index in [1.807, 2.05) is 61.5 Å². The van der Waals surface area contributed by atoms with Crippen molar-refractivity contribution in [2.45, 2.75) is 13.0 Å². The third kappa shape index (κ3) is 4.78. The standard InChI is InChI=1S/C27H21BrClN5O2/c1-16-23(27(36)33-21-13-11-19(29)12-14-21)24(17-7-9-18(28)10-8-17)34-25(31-16)22(15-30-34)26(35)32-20-5-3-2-4-6-20/h2-15,24,31H,1H3,(H,32,35)(H,33,36)/t24-/m0/s1. The highest BCUT2D eigenvalue weighted by molar-refractivity contribution is 9.10. The van der Waals surface area contributed by atoms with Crippen LogP contribution in [0.3, 0.4) is 0 Å². The lowest BCUT2D eigenvalue weighted by molar-refractivity contribution is -0.113. The summed E-state index contributed by atoms with van der Waals surface area (Å²) in [5, 5.41) is 14.2. The molecule has 9 heteroatoms. The molecule has 0 saturated heterocycles. The molecule has 0 bridgehead atoms. The molecule has 0 radical (unpaired) electrons. The second-order valence-electron chi connectivity index (χ2n) is 8.25. The van der Waals surface area contributed by atoms with Crippen LogP contribution in [0.1, 0.15) is 28.9 Å². The number of nitrogens with zero attached hydrogens (tertiary/aromatic N) is 2. The number of aromatic nitrogens is 2. The average Bonchev–Trinajstić information content (AvgIpc) is 3.29. The predicted octanol–water partition coefficient (Wildman–Crippen LogP) is 6.48. The van der Waals surface area contributed by atoms with Crippen LogP contribution >= 0.6 is 27.5 Å². The van der Waals surface area contributed by atoms with Crippen LogP contribution < -0.4 is 16.0 Å². The molecule has 1 aromatic heterocycles. The monoisotopic (exact) mass is 561 g/mol. The molecule has 180 valence electrons. The summed E-state index contributed by atoms with van der Waals surface area (Å²) in [7, 11) is 0. The highest BCUT2D eigenvalue weighted by Crippen LogP contribution is 2.38. The van der Waals surface area contributed by atoms with E-state index in [2.05, 4.69) is 37.0 Å². The fourth-order valence-corrected chi connectivity index (χ4v) is 4.51. The van der Waals surface area contributed by atoms with E-state index in [9.17, 15) is 9.59 Å². The second kappa shape index (κ2) is 10.0. The van der Waals surface area contributed by atoms with E-state index in [1.165, 1.54) is 6.20 Å². The summed E-state index contributed by atoms with van der Waals surface area (Å²) in [6.07, 6.45) is 1.51. The summed E-state index contributed by atoms with van der Waals surface area (Å²) < 4.78 is 2.59. The van der Waals surface area contributed by atoms with Crippen LogP contribution in [0.4, 0.5) is 17.2 Å². The number of anilines is 3. The van der Waals surface area contributed by atoms with Gasteiger partial charge in [-0.1, -0.05) is 57.9 Å². The Kier molecular flexibility index (Phi) is 6.63. The Morgan fingerprint density at radius 2 is 1.56 bits per heavy atom. The highest BCUT2D eigenvalue weighted by Gasteiger charge is 2.35. The smallest absolute Gasteiger partial charge is 0.261 e. The van der Waals surface area contributed by atoms with E-state index in [4.69, 9.17) is 11.6 Å². The number of allylic oxidation sites excluding steroid dienone is 1. The molecule has 0 unspecified atom stereocenters. The van der Waals surface area contributed by atoms with Crippen LogP contribution in [-0.2, 0) is 4.79 Å². The molecule has 3 aromatic carbocycles. The molecule has 0 fully saturated rings. The van der Waals surface area contributed by atoms with Gasteiger partial charge in [-0.15, -0.1) is 0 Å². The molecule has 1 aliphatic rings. The second-order valence-corrected chi connectivity index (χ2v) is 9.60. The van der Waals surface area contributed by atoms with Gasteiger partial charge in [0.15, 0.2) is 0 Å². The Hall–Kier alpha value is -3.88. The predicted molar refractivity (Wildman–Crippen MR) is 145 cm³/mol. The largest absolute Gasteiger partial charge is 0.343 e. The number of halogens is 2. The number of benzene rings is 3. The highest BCUT2D eigenvalue weighted by atomic mass is 79.9. The number of carbonyl (C=O) groups is 2. The third-order valence-corrected chi connectivity index (χ3v) is 6.61. The van der Waals surface area contributed by atoms with E-state index in [1.54, 1.807) is 28.9 Å². The maximum absolute atomic E-state index is 13.5. The van der Waals surface area contributed by atoms with Gasteiger partial charge in [0.1, 0.15) is 17.4 Å². The minimum absolute atomic E-state index is 0.285. The first-order valence-corrected chi connectivity index (χ1v) is 12.3. The van der Waals surface area contributed by atoms with Crippen molar-refractivity contribution in [2.75, 3.05) is 16.0 Å². The first-order valence-electron chi connectivity index (χ1n) is 11.1. The Bertz CT molecular complexity index is 1460. The van der Waals surface area contributed by atoms with E-state index >= 15 is 0 Å². The molecule has 1 atom stereocenters. The van der Waals surface area contributed by atoms with Gasteiger partial charge in [0.2, 0.25) is 0 Å². The first kappa shape index (κ1) is 23.8. The lowest BCUT2D eigenvalue weighted by atomic mass is 9.94. The van der Waals surface area contributed by atoms with Gasteiger partial charge in [-0.3, -0.25) is 9.59 Å². The van der Waals surface area contributed by atoms with Crippen molar-refractivity contribution in [3.63, 3.8) is 0 Å². The quantitative estimate of drug-likeness (QED) is 0.260. The normalized spacial score (nSPS) is 14.6. The number of fused-ring (bicyclic) bond motifs is 1. The van der Waals surface area contributed by atoms with Gasteiger partial charge in [0.05, 0.1) is 11.8 Å². The Morgan fingerprint density at radius 3 is 2.25 bits per heavy atom. The molecule has 5 rings (SSSR count). The molecule has 1 aliphatic heterocycles. The zero-order chi connectivity index (χ0) is 25.2. The van der Waals surface area contributed by atoms with Crippen molar-refractivity contribution < 1.29 is 9.59 Å². The summed E-state index contributed by atoms with van der Waals surface area (Å²) in [6.45, 7) is 1.82. The third-order valence-electron chi connectivity index (χ3n) is 5.83. The molecular formula is C27H21BrClN5O2. The molecule has 0 spiro atoms. The van der Waals surface area contributed by atoms with Gasteiger partial charge < -0.3 is 16.0 Å². The Morgan fingerprint density at radius 1 is 0.917 bits per heavy atom. The van der Waals surface area contributed by atoms with Gasteiger partial charge in [-0.25, -0.2) is 4.68 Å². The van der Waals surface area contributed by atoms with Crippen LogP contribution in [0.25, 0.3) is 0 Å². The van der Waals surface area contributed by atoms with Crippen LogP contribution in [0.5, 0.6) is 0 Å². The summed E-state index contributed by atoms with van der Waals surface area (Å²) >= 11 is 9.46. The topological polar surface area (TPSA) is 88.0 Å². The van der Waals surface area contributed by atoms with Gasteiger partial charge in [-0.2, -0.15) is 5.10 Å². The van der Waals surface area contributed by atoms with Crippen LogP contribution in [0, 0.1) is 0 Å². The summed E-state index contributed by atoms with van der Waals surface area (Å²) in [4.78, 5) is 26.6. The number of hydrogen-bond donors (Lipinski definition) is 3. The van der Waals surface area contributed by atoms with Gasteiger partial charge in [-0.05, 0) is 61.0 Å². The van der Waals surface area contributed by atoms with Crippen LogP contribution in [0.2, 0.25) is 5.02 Å². The van der Waals surface area contributed by atoms with E-state index in [-0.39, 0.29) is 11.8 Å². The molecule has 0 aliphatic carbocycles. The average molecular weight is 563 g/mol. The number of para-hydroxylation sites is 1. The number of carbonyl (C=O) groups excluding carboxylic acids is 2. The lowest BCUT2D eigenvalue weighted by Crippen LogP contribution is -2.32. The minimum Gasteiger partial charge on any atom is -0.343 e. The zero-order valence-electron chi connectivity index (χ0n) is 19.1.